The molecule has 1 amide bonds. The molecule has 2 bridgehead atoms. The first-order valence-electron chi connectivity index (χ1n) is 16.3. The van der Waals surface area contributed by atoms with Crippen molar-refractivity contribution in [1.82, 2.24) is 9.37 Å². The molecule has 16 heteroatoms. The molecule has 0 spiro atoms. The van der Waals surface area contributed by atoms with Crippen molar-refractivity contribution in [2.24, 2.45) is 5.73 Å². The molecule has 270 valence electrons. The molecule has 2 heterocycles. The van der Waals surface area contributed by atoms with Crippen molar-refractivity contribution in [3.63, 3.8) is 0 Å². The van der Waals surface area contributed by atoms with Gasteiger partial charge in [-0.05, 0) is 103 Å². The number of hydroxylamine groups is 1. The summed E-state index contributed by atoms with van der Waals surface area (Å²) in [6.45, 7) is 0. The number of sulfonamides is 1. The van der Waals surface area contributed by atoms with Crippen LogP contribution in [0.4, 0.5) is 22.0 Å². The maximum atomic E-state index is 16.8. The van der Waals surface area contributed by atoms with Crippen molar-refractivity contribution in [2.45, 2.75) is 105 Å². The number of benzene rings is 3. The van der Waals surface area contributed by atoms with E-state index in [2.05, 4.69) is 20.8 Å². The number of nitrogens with zero attached hydrogens (tertiary/aromatic N) is 2. The van der Waals surface area contributed by atoms with Crippen LogP contribution in [0.5, 0.6) is 5.75 Å². The Morgan fingerprint density at radius 3 is 2.08 bits per heavy atom. The molecule has 3 aliphatic rings. The summed E-state index contributed by atoms with van der Waals surface area (Å²) in [5, 5.41) is 0.764. The minimum atomic E-state index is -5.80. The average Bonchev–Trinajstić information content (AvgIpc) is 3.34. The number of hydrogen-bond donors (Lipinski definition) is 1. The third-order valence-corrected chi connectivity index (χ3v) is 11.8. The number of carbonyl (C=O) groups is 2. The van der Waals surface area contributed by atoms with Crippen LogP contribution in [-0.2, 0) is 30.4 Å². The van der Waals surface area contributed by atoms with E-state index in [4.69, 9.17) is 10.5 Å². The number of fused-ring (bicyclic) bond motifs is 3. The molecule has 1 saturated carbocycles. The topological polar surface area (TPSA) is 119 Å². The minimum Gasteiger partial charge on any atom is -0.490 e. The van der Waals surface area contributed by atoms with Crippen LogP contribution < -0.4 is 10.5 Å². The molecule has 2 unspecified atom stereocenters. The third-order valence-electron chi connectivity index (χ3n) is 9.62. The van der Waals surface area contributed by atoms with Crippen molar-refractivity contribution in [1.29, 1.82) is 0 Å². The van der Waals surface area contributed by atoms with Gasteiger partial charge in [0.25, 0.3) is 15.9 Å². The molecule has 0 radical (unpaired) electrons. The highest BCUT2D eigenvalue weighted by atomic mass is 79.9. The molecular formula is C34H35BrF5N3O6S. The number of hydrogen-bond acceptors (Lipinski definition) is 7. The van der Waals surface area contributed by atoms with Crippen LogP contribution in [0.25, 0.3) is 10.8 Å². The number of rotatable bonds is 9. The molecule has 2 N–H and O–H groups in total. The summed E-state index contributed by atoms with van der Waals surface area (Å²) in [6.07, 6.45) is 0.345. The molecule has 3 fully saturated rings. The van der Waals surface area contributed by atoms with Crippen LogP contribution in [-0.4, -0.2) is 66.1 Å². The second-order valence-corrected chi connectivity index (χ2v) is 15.8. The first-order valence-corrected chi connectivity index (χ1v) is 18.5. The van der Waals surface area contributed by atoms with Gasteiger partial charge in [0.05, 0.1) is 11.0 Å². The summed E-state index contributed by atoms with van der Waals surface area (Å²) < 4.78 is 109. The number of ether oxygens (including phenoxy) is 1. The van der Waals surface area contributed by atoms with E-state index in [1.807, 2.05) is 0 Å². The SMILES string of the molecule is NC1CC2CCC(C1)N2C(=O)[C@@H](N(OC(=O)C(F)(F)F)S(=O)(=O)c1ccc2cc(OC3CCCCC3)ccc2c1)C(F)(F)c1ccc(Br)cc1. The van der Waals surface area contributed by atoms with Crippen LogP contribution >= 0.6 is 15.9 Å². The van der Waals surface area contributed by atoms with E-state index in [1.165, 1.54) is 24.3 Å². The molecule has 2 saturated heterocycles. The molecule has 3 aromatic carbocycles. The van der Waals surface area contributed by atoms with Crippen molar-refractivity contribution < 1.29 is 49.5 Å². The van der Waals surface area contributed by atoms with Gasteiger partial charge in [-0.1, -0.05) is 46.6 Å². The molecule has 2 aliphatic heterocycles. The van der Waals surface area contributed by atoms with Crippen molar-refractivity contribution >= 4 is 48.6 Å². The monoisotopic (exact) mass is 787 g/mol. The molecule has 0 aromatic heterocycles. The lowest BCUT2D eigenvalue weighted by Gasteiger charge is -2.42. The Labute approximate surface area is 294 Å². The highest BCUT2D eigenvalue weighted by Crippen LogP contribution is 2.43. The van der Waals surface area contributed by atoms with Gasteiger partial charge in [-0.2, -0.15) is 22.0 Å². The fourth-order valence-electron chi connectivity index (χ4n) is 7.22. The zero-order chi connectivity index (χ0) is 36.0. The van der Waals surface area contributed by atoms with Gasteiger partial charge < -0.3 is 20.2 Å². The van der Waals surface area contributed by atoms with Crippen LogP contribution in [0.1, 0.15) is 63.4 Å². The Morgan fingerprint density at radius 2 is 1.46 bits per heavy atom. The second-order valence-electron chi connectivity index (χ2n) is 13.1. The van der Waals surface area contributed by atoms with E-state index in [1.54, 1.807) is 12.1 Å². The number of carbonyl (C=O) groups excluding carboxylic acids is 2. The summed E-state index contributed by atoms with van der Waals surface area (Å²) >= 11 is 3.12. The van der Waals surface area contributed by atoms with Crippen molar-refractivity contribution in [2.75, 3.05) is 0 Å². The Balaban J connectivity index is 1.44. The zero-order valence-electron chi connectivity index (χ0n) is 26.6. The molecular weight excluding hydrogens is 753 g/mol. The summed E-state index contributed by atoms with van der Waals surface area (Å²) in [4.78, 5) is 31.3. The lowest BCUT2D eigenvalue weighted by atomic mass is 9.94. The lowest BCUT2D eigenvalue weighted by molar-refractivity contribution is -0.240. The number of nitrogens with two attached hydrogens (primary N) is 1. The van der Waals surface area contributed by atoms with Crippen LogP contribution in [0.15, 0.2) is 70.0 Å². The minimum absolute atomic E-state index is 0.0190. The molecule has 6 rings (SSSR count). The van der Waals surface area contributed by atoms with Gasteiger partial charge in [0, 0.05) is 28.2 Å². The van der Waals surface area contributed by atoms with Crippen molar-refractivity contribution in [3.05, 3.63) is 70.7 Å². The summed E-state index contributed by atoms with van der Waals surface area (Å²) in [6, 6.07) is 7.36. The van der Waals surface area contributed by atoms with Gasteiger partial charge in [0.15, 0.2) is 0 Å². The predicted molar refractivity (Wildman–Crippen MR) is 175 cm³/mol. The Morgan fingerprint density at radius 1 is 0.860 bits per heavy atom. The molecule has 3 aromatic rings. The van der Waals surface area contributed by atoms with E-state index < -0.39 is 67.1 Å². The first kappa shape index (κ1) is 36.5. The Hall–Kier alpha value is -3.34. The normalized spacial score (nSPS) is 22.5. The molecule has 1 aliphatic carbocycles. The zero-order valence-corrected chi connectivity index (χ0v) is 29.0. The van der Waals surface area contributed by atoms with Gasteiger partial charge in [0.1, 0.15) is 5.75 Å². The van der Waals surface area contributed by atoms with Crippen LogP contribution in [0, 0.1) is 0 Å². The van der Waals surface area contributed by atoms with Crippen LogP contribution in [0.3, 0.4) is 0 Å². The lowest BCUT2D eigenvalue weighted by Crippen LogP contribution is -2.62. The Kier molecular flexibility index (Phi) is 10.2. The number of piperidine rings is 1. The fraction of sp³-hybridized carbons (Fsp3) is 0.471. The van der Waals surface area contributed by atoms with Gasteiger partial charge in [-0.25, -0.2) is 13.2 Å². The smallest absolute Gasteiger partial charge is 0.490 e. The maximum Gasteiger partial charge on any atom is 0.492 e. The predicted octanol–water partition coefficient (Wildman–Crippen LogP) is 6.97. The number of amides is 1. The van der Waals surface area contributed by atoms with E-state index in [9.17, 15) is 31.2 Å². The highest BCUT2D eigenvalue weighted by Gasteiger charge is 2.60. The van der Waals surface area contributed by atoms with E-state index in [-0.39, 0.29) is 30.4 Å². The summed E-state index contributed by atoms with van der Waals surface area (Å²) in [5.74, 6) is -8.59. The molecule has 3 atom stereocenters. The van der Waals surface area contributed by atoms with Gasteiger partial charge in [-0.15, -0.1) is 0 Å². The molecule has 9 nitrogen and oxygen atoms in total. The summed E-state index contributed by atoms with van der Waals surface area (Å²) in [5.41, 5.74) is 5.21. The van der Waals surface area contributed by atoms with E-state index in [0.717, 1.165) is 61.3 Å². The van der Waals surface area contributed by atoms with Gasteiger partial charge in [0.2, 0.25) is 6.04 Å². The van der Waals surface area contributed by atoms with Gasteiger partial charge in [-0.3, -0.25) is 4.79 Å². The molecule has 50 heavy (non-hydrogen) atoms. The largest absolute Gasteiger partial charge is 0.492 e. The fourth-order valence-corrected chi connectivity index (χ4v) is 8.87. The third kappa shape index (κ3) is 7.34. The van der Waals surface area contributed by atoms with Crippen molar-refractivity contribution in [3.8, 4) is 5.75 Å². The highest BCUT2D eigenvalue weighted by molar-refractivity contribution is 9.10. The standard InChI is InChI=1S/C34H35BrF5N3O6S/c35-23-10-8-22(9-11-23)33(36,37)30(31(44)42-25-12-13-26(42)19-24(41)18-25)43(49-32(45)34(38,39)40)50(46,47)29-15-7-20-16-28(14-6-21(20)17-29)48-27-4-2-1-3-5-27/h6-11,14-17,24-27,30H,1-5,12-13,18-19,41H2/t24?,25?,26?,30-/m1/s1. The quantitative estimate of drug-likeness (QED) is 0.184. The Bertz CT molecular complexity index is 1840. The van der Waals surface area contributed by atoms with E-state index >= 15 is 8.78 Å². The first-order chi connectivity index (χ1) is 23.6. The average molecular weight is 789 g/mol. The number of alkyl halides is 5. The number of halogens is 6. The van der Waals surface area contributed by atoms with Crippen LogP contribution in [0.2, 0.25) is 0 Å². The summed E-state index contributed by atoms with van der Waals surface area (Å²) in [7, 11) is -5.59. The second kappa shape index (κ2) is 14.0. The maximum absolute atomic E-state index is 16.8. The van der Waals surface area contributed by atoms with E-state index in [0.29, 0.717) is 28.5 Å². The van der Waals surface area contributed by atoms with Gasteiger partial charge >= 0.3 is 18.1 Å².